The maximum absolute atomic E-state index is 12.4. The fourth-order valence-electron chi connectivity index (χ4n) is 2.33. The second kappa shape index (κ2) is 6.06. The quantitative estimate of drug-likeness (QED) is 0.473. The summed E-state index contributed by atoms with van der Waals surface area (Å²) in [6.07, 6.45) is -5.52. The van der Waals surface area contributed by atoms with Crippen molar-refractivity contribution in [1.29, 1.82) is 0 Å². The predicted octanol–water partition coefficient (Wildman–Crippen LogP) is -1.90. The Bertz CT molecular complexity index is 677. The van der Waals surface area contributed by atoms with E-state index >= 15 is 0 Å². The van der Waals surface area contributed by atoms with Gasteiger partial charge in [-0.3, -0.25) is 9.78 Å². The molecule has 0 aliphatic carbocycles. The van der Waals surface area contributed by atoms with E-state index in [1.54, 1.807) is 20.8 Å². The van der Waals surface area contributed by atoms with E-state index < -0.39 is 47.9 Å². The Morgan fingerprint density at radius 2 is 1.91 bits per heavy atom. The van der Waals surface area contributed by atoms with Crippen LogP contribution >= 0.6 is 0 Å². The van der Waals surface area contributed by atoms with Crippen molar-refractivity contribution in [3.8, 4) is 0 Å². The Hall–Kier alpha value is -1.72. The molecule has 0 aromatic carbocycles. The Kier molecular flexibility index (Phi) is 4.64. The number of ether oxygens (including phenoxy) is 1. The van der Waals surface area contributed by atoms with E-state index in [9.17, 15) is 25.0 Å². The molecule has 1 aliphatic heterocycles. The maximum atomic E-state index is 12.4. The molecule has 23 heavy (non-hydrogen) atoms. The summed E-state index contributed by atoms with van der Waals surface area (Å²) in [4.78, 5) is 25.7. The number of anilines is 1. The van der Waals surface area contributed by atoms with Crippen molar-refractivity contribution in [3.05, 3.63) is 26.9 Å². The Labute approximate surface area is 131 Å². The molecule has 1 radical (unpaired) electrons. The van der Waals surface area contributed by atoms with Gasteiger partial charge in [0, 0.05) is 6.07 Å². The van der Waals surface area contributed by atoms with Gasteiger partial charge in [0.05, 0.1) is 12.1 Å². The first-order chi connectivity index (χ1) is 10.6. The molecule has 0 saturated carbocycles. The van der Waals surface area contributed by atoms with Gasteiger partial charge in [-0.05, 0) is 20.8 Å². The first-order valence-corrected chi connectivity index (χ1v) is 7.03. The molecule has 1 saturated heterocycles. The van der Waals surface area contributed by atoms with Crippen LogP contribution in [0.3, 0.4) is 0 Å². The Balaban J connectivity index is 2.59. The highest BCUT2D eigenvalue weighted by Crippen LogP contribution is 2.32. The monoisotopic (exact) mass is 330 g/mol. The van der Waals surface area contributed by atoms with Gasteiger partial charge in [-0.25, -0.2) is 9.36 Å². The van der Waals surface area contributed by atoms with Crippen LogP contribution in [0, 0.1) is 0 Å². The second-order valence-electron chi connectivity index (χ2n) is 6.36. The van der Waals surface area contributed by atoms with Gasteiger partial charge in [0.2, 0.25) is 0 Å². The molecule has 4 N–H and O–H groups in total. The van der Waals surface area contributed by atoms with E-state index in [1.165, 1.54) is 0 Å². The lowest BCUT2D eigenvalue weighted by molar-refractivity contribution is -0.0565. The van der Waals surface area contributed by atoms with Crippen LogP contribution < -0.4 is 16.3 Å². The molecular formula is C13H20N3O7. The van der Waals surface area contributed by atoms with Crippen molar-refractivity contribution < 1.29 is 25.3 Å². The third-order valence-corrected chi connectivity index (χ3v) is 3.54. The summed E-state index contributed by atoms with van der Waals surface area (Å²) in [6.45, 7) is 4.15. The van der Waals surface area contributed by atoms with Crippen LogP contribution in [-0.4, -0.2) is 55.3 Å². The maximum Gasteiger partial charge on any atom is 0.332 e. The SMILES string of the molecule is CC(C)(C)N([O])c1cc(=O)[nH]c(=O)n1[C@@H]1O[C@H](CO)[C@@H](O)[C@H]1O. The van der Waals surface area contributed by atoms with Crippen molar-refractivity contribution in [2.45, 2.75) is 50.8 Å². The lowest BCUT2D eigenvalue weighted by Crippen LogP contribution is -2.45. The van der Waals surface area contributed by atoms with E-state index in [2.05, 4.69) is 0 Å². The molecule has 1 fully saturated rings. The number of hydroxylamine groups is 1. The van der Waals surface area contributed by atoms with Crippen molar-refractivity contribution >= 4 is 5.82 Å². The number of nitrogens with one attached hydrogen (secondary N) is 1. The lowest BCUT2D eigenvalue weighted by atomic mass is 10.1. The number of hydrogen-bond acceptors (Lipinski definition) is 7. The van der Waals surface area contributed by atoms with Gasteiger partial charge in [0.1, 0.15) is 24.1 Å². The molecule has 10 heteroatoms. The van der Waals surface area contributed by atoms with E-state index in [4.69, 9.17) is 9.84 Å². The van der Waals surface area contributed by atoms with Gasteiger partial charge >= 0.3 is 5.69 Å². The molecule has 129 valence electrons. The zero-order valence-electron chi connectivity index (χ0n) is 13.0. The zero-order valence-corrected chi connectivity index (χ0v) is 13.0. The molecule has 1 aromatic heterocycles. The number of aromatic nitrogens is 2. The summed E-state index contributed by atoms with van der Waals surface area (Å²) in [7, 11) is 0. The molecule has 1 aliphatic rings. The minimum atomic E-state index is -1.55. The van der Waals surface area contributed by atoms with E-state index in [-0.39, 0.29) is 5.82 Å². The van der Waals surface area contributed by atoms with Crippen LogP contribution in [0.5, 0.6) is 0 Å². The Morgan fingerprint density at radius 1 is 1.30 bits per heavy atom. The number of aromatic amines is 1. The number of rotatable bonds is 3. The van der Waals surface area contributed by atoms with Gasteiger partial charge < -0.3 is 20.1 Å². The molecule has 4 atom stereocenters. The largest absolute Gasteiger partial charge is 0.394 e. The molecular weight excluding hydrogens is 310 g/mol. The number of aliphatic hydroxyl groups is 3. The molecule has 0 unspecified atom stereocenters. The summed E-state index contributed by atoms with van der Waals surface area (Å²) in [5, 5.41) is 41.9. The summed E-state index contributed by atoms with van der Waals surface area (Å²) in [5.74, 6) is -0.318. The van der Waals surface area contributed by atoms with E-state index in [1.807, 2.05) is 4.98 Å². The van der Waals surface area contributed by atoms with Gasteiger partial charge in [-0.15, -0.1) is 0 Å². The summed E-state index contributed by atoms with van der Waals surface area (Å²) in [5.41, 5.74) is -2.72. The van der Waals surface area contributed by atoms with Gasteiger partial charge in [0.25, 0.3) is 5.56 Å². The molecule has 10 nitrogen and oxygen atoms in total. The number of aliphatic hydroxyl groups excluding tert-OH is 3. The fourth-order valence-corrected chi connectivity index (χ4v) is 2.33. The van der Waals surface area contributed by atoms with Crippen LogP contribution in [0.25, 0.3) is 0 Å². The minimum Gasteiger partial charge on any atom is -0.394 e. The van der Waals surface area contributed by atoms with Gasteiger partial charge in [-0.2, -0.15) is 5.06 Å². The first kappa shape index (κ1) is 17.6. The molecule has 0 bridgehead atoms. The summed E-state index contributed by atoms with van der Waals surface area (Å²) >= 11 is 0. The highest BCUT2D eigenvalue weighted by Gasteiger charge is 2.45. The summed E-state index contributed by atoms with van der Waals surface area (Å²) < 4.78 is 6.04. The standard InChI is InChI=1S/C13H20N3O7/c1-13(2,3)16(22)8-4-7(18)14-12(21)15(8)11-10(20)9(19)6(5-17)23-11/h4,6,9-11,17,19-20H,5H2,1-3H3,(H,14,18,21)/t6-,9-,10-,11-/m1/s1. The average molecular weight is 330 g/mol. The molecule has 0 amide bonds. The smallest absolute Gasteiger partial charge is 0.332 e. The van der Waals surface area contributed by atoms with E-state index in [0.29, 0.717) is 5.06 Å². The molecule has 0 spiro atoms. The van der Waals surface area contributed by atoms with E-state index in [0.717, 1.165) is 10.6 Å². The fraction of sp³-hybridized carbons (Fsp3) is 0.692. The number of hydrogen-bond donors (Lipinski definition) is 4. The van der Waals surface area contributed by atoms with Crippen LogP contribution in [0.2, 0.25) is 0 Å². The minimum absolute atomic E-state index is 0.318. The van der Waals surface area contributed by atoms with Gasteiger partial charge in [-0.1, -0.05) is 5.21 Å². The zero-order chi connectivity index (χ0) is 17.5. The van der Waals surface area contributed by atoms with Crippen LogP contribution in [0.15, 0.2) is 15.7 Å². The van der Waals surface area contributed by atoms with Crippen molar-refractivity contribution in [2.24, 2.45) is 0 Å². The average Bonchev–Trinajstić information content (AvgIpc) is 2.72. The topological polar surface area (TPSA) is 148 Å². The van der Waals surface area contributed by atoms with Gasteiger partial charge in [0.15, 0.2) is 6.23 Å². The third-order valence-electron chi connectivity index (χ3n) is 3.54. The highest BCUT2D eigenvalue weighted by molar-refractivity contribution is 5.38. The van der Waals surface area contributed by atoms with Crippen molar-refractivity contribution in [3.63, 3.8) is 0 Å². The van der Waals surface area contributed by atoms with Crippen LogP contribution in [0.1, 0.15) is 27.0 Å². The third kappa shape index (κ3) is 3.16. The summed E-state index contributed by atoms with van der Waals surface area (Å²) in [6, 6.07) is 0.911. The van der Waals surface area contributed by atoms with Crippen LogP contribution in [-0.2, 0) is 9.94 Å². The number of nitrogens with zero attached hydrogens (tertiary/aromatic N) is 2. The van der Waals surface area contributed by atoms with Crippen LogP contribution in [0.4, 0.5) is 5.82 Å². The Morgan fingerprint density at radius 3 is 2.39 bits per heavy atom. The van der Waals surface area contributed by atoms with Crippen molar-refractivity contribution in [2.75, 3.05) is 11.7 Å². The number of H-pyrrole nitrogens is 1. The second-order valence-corrected chi connectivity index (χ2v) is 6.36. The normalized spacial score (nSPS) is 28.1. The molecule has 2 heterocycles. The van der Waals surface area contributed by atoms with Crippen molar-refractivity contribution in [1.82, 2.24) is 9.55 Å². The molecule has 2 rings (SSSR count). The predicted molar refractivity (Wildman–Crippen MR) is 77.3 cm³/mol. The molecule has 1 aromatic rings. The first-order valence-electron chi connectivity index (χ1n) is 7.03. The lowest BCUT2D eigenvalue weighted by Gasteiger charge is -2.31. The highest BCUT2D eigenvalue weighted by atomic mass is 16.6.